The molecule has 2 aromatic carbocycles. The van der Waals surface area contributed by atoms with Crippen molar-refractivity contribution >= 4 is 22.8 Å². The number of hydrogen-bond donors (Lipinski definition) is 0. The van der Waals surface area contributed by atoms with Crippen LogP contribution in [0.15, 0.2) is 89.9 Å². The van der Waals surface area contributed by atoms with Crippen LogP contribution in [-0.2, 0) is 17.1 Å². The van der Waals surface area contributed by atoms with E-state index in [1.807, 2.05) is 12.1 Å². The Morgan fingerprint density at radius 1 is 0.561 bits per heavy atom. The summed E-state index contributed by atoms with van der Waals surface area (Å²) >= 11 is 0. The molecule has 3 rings (SSSR count). The largest absolute Gasteiger partial charge is 0.251 e. The predicted octanol–water partition coefficient (Wildman–Crippen LogP) is 11.2. The van der Waals surface area contributed by atoms with Crippen molar-refractivity contribution < 1.29 is 17.1 Å². The van der Waals surface area contributed by atoms with Crippen LogP contribution in [-0.4, -0.2) is 16.4 Å². The van der Waals surface area contributed by atoms with Gasteiger partial charge in [-0.2, -0.15) is 0 Å². The first kappa shape index (κ1) is 36.0. The smallest absolute Gasteiger partial charge is 0.0849 e. The van der Waals surface area contributed by atoms with Crippen molar-refractivity contribution in [1.82, 2.24) is 4.98 Å². The fourth-order valence-corrected chi connectivity index (χ4v) is 4.57. The summed E-state index contributed by atoms with van der Waals surface area (Å²) in [4.78, 5) is 15.3. The quantitative estimate of drug-likeness (QED) is 0.139. The summed E-state index contributed by atoms with van der Waals surface area (Å²) in [5, 5.41) is 0. The van der Waals surface area contributed by atoms with Gasteiger partial charge in [-0.3, -0.25) is 9.98 Å². The summed E-state index contributed by atoms with van der Waals surface area (Å²) < 4.78 is 0. The van der Waals surface area contributed by atoms with E-state index in [-0.39, 0.29) is 17.1 Å². The molecule has 0 aliphatic heterocycles. The Morgan fingerprint density at radius 3 is 1.07 bits per heavy atom. The minimum atomic E-state index is 0. The molecule has 0 aliphatic carbocycles. The Bertz CT molecular complexity index is 1210. The first-order chi connectivity index (χ1) is 18.9. The molecule has 4 heteroatoms. The molecule has 0 saturated heterocycles. The van der Waals surface area contributed by atoms with Crippen LogP contribution in [0.5, 0.6) is 0 Å². The molecule has 0 amide bonds. The molecular weight excluding hydrogens is 542 g/mol. The molecule has 1 heterocycles. The van der Waals surface area contributed by atoms with E-state index in [0.717, 1.165) is 34.2 Å². The van der Waals surface area contributed by atoms with E-state index in [1.54, 1.807) is 12.2 Å². The molecule has 3 nitrogen and oxygen atoms in total. The van der Waals surface area contributed by atoms with Crippen molar-refractivity contribution in [3.8, 4) is 0 Å². The first-order valence-corrected chi connectivity index (χ1v) is 14.5. The van der Waals surface area contributed by atoms with Crippen molar-refractivity contribution in [1.29, 1.82) is 0 Å². The van der Waals surface area contributed by atoms with E-state index in [2.05, 4.69) is 125 Å². The monoisotopic (exact) mass is 591 g/mol. The predicted molar refractivity (Wildman–Crippen MR) is 178 cm³/mol. The summed E-state index contributed by atoms with van der Waals surface area (Å²) in [6.07, 6.45) is 3.28. The third-order valence-corrected chi connectivity index (χ3v) is 6.90. The van der Waals surface area contributed by atoms with Gasteiger partial charge < -0.3 is 0 Å². The van der Waals surface area contributed by atoms with Gasteiger partial charge in [-0.15, -0.1) is 0 Å². The third-order valence-electron chi connectivity index (χ3n) is 6.90. The average molecular weight is 592 g/mol. The molecule has 0 bridgehead atoms. The first-order valence-electron chi connectivity index (χ1n) is 14.5. The van der Waals surface area contributed by atoms with Gasteiger partial charge in [0, 0.05) is 17.1 Å². The Kier molecular flexibility index (Phi) is 14.9. The fraction of sp³-hybridized carbons (Fsp3) is 0.378. The molecule has 0 fully saturated rings. The minimum Gasteiger partial charge on any atom is -0.251 e. The fourth-order valence-electron chi connectivity index (χ4n) is 4.57. The summed E-state index contributed by atoms with van der Waals surface area (Å²) in [7, 11) is 0. The van der Waals surface area contributed by atoms with Crippen LogP contribution in [0, 0.1) is 0 Å². The number of para-hydroxylation sites is 2. The van der Waals surface area contributed by atoms with Crippen LogP contribution >= 0.6 is 0 Å². The van der Waals surface area contributed by atoms with Gasteiger partial charge in [0.15, 0.2) is 0 Å². The van der Waals surface area contributed by atoms with E-state index in [0.29, 0.717) is 23.7 Å². The molecule has 41 heavy (non-hydrogen) atoms. The van der Waals surface area contributed by atoms with E-state index < -0.39 is 0 Å². The van der Waals surface area contributed by atoms with Gasteiger partial charge in [-0.05, 0) is 71.9 Å². The average Bonchev–Trinajstić information content (AvgIpc) is 2.92. The number of rotatable bonds is 9. The number of aliphatic imine (C=N–C) groups is 2. The maximum absolute atomic E-state index is 5.15. The standard InChI is InChI=1S/C33H43N3.C4H6.Fe/c1-20(2)26-14-11-15-27(21(3)4)32(26)34-24(9)30-18-13-19-31(36-30)25(10)35-33-28(22(5)6)16-12-17-29(33)23(7)8;1-3-4-2;/h11-23H,1-10H3;3-4H,1-2H2;. The Labute approximate surface area is 260 Å². The molecule has 0 aliphatic rings. The van der Waals surface area contributed by atoms with Gasteiger partial charge in [0.25, 0.3) is 0 Å². The Morgan fingerprint density at radius 2 is 0.829 bits per heavy atom. The van der Waals surface area contributed by atoms with Crippen LogP contribution in [0.3, 0.4) is 0 Å². The molecule has 0 radical (unpaired) electrons. The summed E-state index contributed by atoms with van der Waals surface area (Å²) in [5.41, 5.74) is 10.9. The van der Waals surface area contributed by atoms with Crippen LogP contribution in [0.4, 0.5) is 11.4 Å². The SMILES string of the molecule is C=CC=C.CC(=Nc1c(C(C)C)cccc1C(C)C)c1cccc(C(C)=Nc2c(C(C)C)cccc2C(C)C)n1.[Fe]. The van der Waals surface area contributed by atoms with Crippen molar-refractivity contribution in [2.45, 2.75) is 92.9 Å². The van der Waals surface area contributed by atoms with E-state index in [4.69, 9.17) is 15.0 Å². The normalized spacial score (nSPS) is 11.9. The molecule has 0 N–H and O–H groups in total. The van der Waals surface area contributed by atoms with E-state index in [1.165, 1.54) is 22.3 Å². The van der Waals surface area contributed by atoms with Crippen LogP contribution < -0.4 is 0 Å². The number of nitrogens with zero attached hydrogens (tertiary/aromatic N) is 3. The molecule has 0 unspecified atom stereocenters. The summed E-state index contributed by atoms with van der Waals surface area (Å²) in [5.74, 6) is 1.61. The van der Waals surface area contributed by atoms with Crippen molar-refractivity contribution in [3.63, 3.8) is 0 Å². The molecular formula is C37H49FeN3. The summed E-state index contributed by atoms with van der Waals surface area (Å²) in [6, 6.07) is 19.2. The zero-order valence-electron chi connectivity index (χ0n) is 26.8. The topological polar surface area (TPSA) is 37.6 Å². The number of benzene rings is 2. The number of pyridine rings is 1. The van der Waals surface area contributed by atoms with Crippen LogP contribution in [0.1, 0.15) is 127 Å². The molecule has 0 saturated carbocycles. The molecule has 0 atom stereocenters. The molecule has 220 valence electrons. The van der Waals surface area contributed by atoms with Crippen molar-refractivity contribution in [2.75, 3.05) is 0 Å². The zero-order chi connectivity index (χ0) is 30.0. The number of allylic oxidation sites excluding steroid dienone is 2. The Hall–Kier alpha value is -3.07. The van der Waals surface area contributed by atoms with Gasteiger partial charge in [-0.25, -0.2) is 4.98 Å². The number of hydrogen-bond acceptors (Lipinski definition) is 3. The summed E-state index contributed by atoms with van der Waals surface area (Å²) in [6.45, 7) is 28.7. The Balaban J connectivity index is 0.00000157. The van der Waals surface area contributed by atoms with Gasteiger partial charge in [-0.1, -0.05) is 123 Å². The second kappa shape index (κ2) is 17.0. The van der Waals surface area contributed by atoms with Crippen LogP contribution in [0.2, 0.25) is 0 Å². The van der Waals surface area contributed by atoms with Gasteiger partial charge in [0.05, 0.1) is 34.2 Å². The number of aromatic nitrogens is 1. The van der Waals surface area contributed by atoms with Gasteiger partial charge in [0.1, 0.15) is 0 Å². The second-order valence-electron chi connectivity index (χ2n) is 11.5. The molecule has 1 aromatic heterocycles. The van der Waals surface area contributed by atoms with Gasteiger partial charge >= 0.3 is 0 Å². The second-order valence-corrected chi connectivity index (χ2v) is 11.5. The molecule has 0 spiro atoms. The third kappa shape index (κ3) is 9.76. The van der Waals surface area contributed by atoms with E-state index >= 15 is 0 Å². The maximum Gasteiger partial charge on any atom is 0.0849 e. The molecule has 3 aromatic rings. The van der Waals surface area contributed by atoms with Crippen molar-refractivity contribution in [3.05, 3.63) is 114 Å². The van der Waals surface area contributed by atoms with E-state index in [9.17, 15) is 0 Å². The van der Waals surface area contributed by atoms with Crippen LogP contribution in [0.25, 0.3) is 0 Å². The zero-order valence-corrected chi connectivity index (χ0v) is 27.9. The minimum absolute atomic E-state index is 0. The maximum atomic E-state index is 5.15. The van der Waals surface area contributed by atoms with Gasteiger partial charge in [0.2, 0.25) is 0 Å². The van der Waals surface area contributed by atoms with Crippen molar-refractivity contribution in [2.24, 2.45) is 9.98 Å².